The van der Waals surface area contributed by atoms with Crippen LogP contribution in [0.25, 0.3) is 11.1 Å². The normalized spacial score (nSPS) is 14.9. The van der Waals surface area contributed by atoms with Crippen LogP contribution in [0.5, 0.6) is 0 Å². The molecule has 2 N–H and O–H groups in total. The van der Waals surface area contributed by atoms with Crippen LogP contribution >= 0.6 is 0 Å². The molecule has 1 aliphatic heterocycles. The molecule has 1 aliphatic rings. The van der Waals surface area contributed by atoms with E-state index >= 15 is 0 Å². The summed E-state index contributed by atoms with van der Waals surface area (Å²) >= 11 is 0. The van der Waals surface area contributed by atoms with Crippen LogP contribution in [-0.4, -0.2) is 41.3 Å². The predicted octanol–water partition coefficient (Wildman–Crippen LogP) is 2.52. The Kier molecular flexibility index (Phi) is 5.05. The lowest BCUT2D eigenvalue weighted by Crippen LogP contribution is -2.37. The summed E-state index contributed by atoms with van der Waals surface area (Å²) in [7, 11) is 0. The third kappa shape index (κ3) is 3.46. The van der Waals surface area contributed by atoms with E-state index in [0.29, 0.717) is 24.7 Å². The average molecular weight is 352 g/mol. The van der Waals surface area contributed by atoms with Crippen LogP contribution in [0.15, 0.2) is 18.5 Å². The van der Waals surface area contributed by atoms with Crippen LogP contribution in [0.1, 0.15) is 38.4 Å². The van der Waals surface area contributed by atoms with E-state index in [1.165, 1.54) is 0 Å². The van der Waals surface area contributed by atoms with E-state index < -0.39 is 0 Å². The van der Waals surface area contributed by atoms with Crippen LogP contribution in [0, 0.1) is 11.3 Å². The van der Waals surface area contributed by atoms with Gasteiger partial charge in [-0.3, -0.25) is 0 Å². The highest BCUT2D eigenvalue weighted by atomic mass is 16.5. The minimum absolute atomic E-state index is 0.133. The zero-order valence-electron chi connectivity index (χ0n) is 15.5. The van der Waals surface area contributed by atoms with Crippen LogP contribution in [0.2, 0.25) is 0 Å². The lowest BCUT2D eigenvalue weighted by atomic mass is 9.84. The molecule has 2 aromatic heterocycles. The van der Waals surface area contributed by atoms with Crippen molar-refractivity contribution in [2.45, 2.75) is 32.6 Å². The van der Waals surface area contributed by atoms with E-state index in [1.54, 1.807) is 12.4 Å². The molecule has 7 heteroatoms. The Hall–Kier alpha value is -2.72. The Balaban J connectivity index is 2.01. The first kappa shape index (κ1) is 18.1. The van der Waals surface area contributed by atoms with Gasteiger partial charge in [-0.15, -0.1) is 0 Å². The highest BCUT2D eigenvalue weighted by molar-refractivity contribution is 5.75. The minimum atomic E-state index is -0.133. The Morgan fingerprint density at radius 1 is 1.27 bits per heavy atom. The number of nitrogen functional groups attached to an aromatic ring is 1. The second-order valence-corrected chi connectivity index (χ2v) is 7.04. The highest BCUT2D eigenvalue weighted by Crippen LogP contribution is 2.33. The van der Waals surface area contributed by atoms with Crippen LogP contribution in [-0.2, 0) is 10.2 Å². The van der Waals surface area contributed by atoms with Gasteiger partial charge in [0.15, 0.2) is 0 Å². The van der Waals surface area contributed by atoms with Gasteiger partial charge in [-0.05, 0) is 12.5 Å². The summed E-state index contributed by atoms with van der Waals surface area (Å²) in [6, 6.07) is 4.10. The molecule has 136 valence electrons. The minimum Gasteiger partial charge on any atom is -0.383 e. The fraction of sp³-hybridized carbons (Fsp3) is 0.474. The van der Waals surface area contributed by atoms with Gasteiger partial charge >= 0.3 is 0 Å². The molecule has 1 saturated heterocycles. The largest absolute Gasteiger partial charge is 0.383 e. The molecule has 0 bridgehead atoms. The number of nitrogens with zero attached hydrogens (tertiary/aromatic N) is 5. The van der Waals surface area contributed by atoms with Crippen molar-refractivity contribution in [3.63, 3.8) is 0 Å². The molecule has 0 aliphatic carbocycles. The van der Waals surface area contributed by atoms with Gasteiger partial charge in [-0.25, -0.2) is 15.0 Å². The molecule has 0 saturated carbocycles. The van der Waals surface area contributed by atoms with Gasteiger partial charge in [0.2, 0.25) is 5.95 Å². The number of rotatable bonds is 4. The van der Waals surface area contributed by atoms with Crippen molar-refractivity contribution in [1.82, 2.24) is 15.0 Å². The first-order valence-corrected chi connectivity index (χ1v) is 8.82. The van der Waals surface area contributed by atoms with Crippen LogP contribution in [0.4, 0.5) is 11.8 Å². The zero-order chi connectivity index (χ0) is 18.7. The molecule has 7 nitrogen and oxygen atoms in total. The molecule has 26 heavy (non-hydrogen) atoms. The van der Waals surface area contributed by atoms with Crippen LogP contribution < -0.4 is 10.6 Å². The van der Waals surface area contributed by atoms with Crippen molar-refractivity contribution in [3.05, 3.63) is 29.7 Å². The predicted molar refractivity (Wildman–Crippen MR) is 101 cm³/mol. The molecule has 0 amide bonds. The molecule has 3 heterocycles. The number of hydrogen-bond acceptors (Lipinski definition) is 7. The van der Waals surface area contributed by atoms with Crippen molar-refractivity contribution in [3.8, 4) is 17.2 Å². The van der Waals surface area contributed by atoms with Crippen molar-refractivity contribution in [2.24, 2.45) is 0 Å². The van der Waals surface area contributed by atoms with E-state index in [9.17, 15) is 5.26 Å². The summed E-state index contributed by atoms with van der Waals surface area (Å²) in [5, 5.41) is 9.54. The monoisotopic (exact) mass is 352 g/mol. The summed E-state index contributed by atoms with van der Waals surface area (Å²) in [4.78, 5) is 15.5. The number of nitrogens with two attached hydrogens (primary N) is 1. The fourth-order valence-corrected chi connectivity index (χ4v) is 2.82. The maximum atomic E-state index is 9.54. The summed E-state index contributed by atoms with van der Waals surface area (Å²) in [5.74, 6) is 0.922. The van der Waals surface area contributed by atoms with E-state index in [1.807, 2.05) is 6.07 Å². The Labute approximate surface area is 153 Å². The van der Waals surface area contributed by atoms with Crippen molar-refractivity contribution in [1.29, 1.82) is 5.26 Å². The second-order valence-electron chi connectivity index (χ2n) is 7.04. The zero-order valence-corrected chi connectivity index (χ0v) is 15.5. The molecule has 0 unspecified atom stereocenters. The first-order valence-electron chi connectivity index (χ1n) is 8.82. The van der Waals surface area contributed by atoms with E-state index in [2.05, 4.69) is 46.7 Å². The number of anilines is 2. The maximum Gasteiger partial charge on any atom is 0.225 e. The smallest absolute Gasteiger partial charge is 0.225 e. The van der Waals surface area contributed by atoms with Crippen molar-refractivity contribution in [2.75, 3.05) is 36.9 Å². The summed E-state index contributed by atoms with van der Waals surface area (Å²) < 4.78 is 5.36. The van der Waals surface area contributed by atoms with Crippen molar-refractivity contribution >= 4 is 11.8 Å². The molecular formula is C19H24N6O. The number of pyridine rings is 1. The van der Waals surface area contributed by atoms with Crippen molar-refractivity contribution < 1.29 is 4.74 Å². The van der Waals surface area contributed by atoms with E-state index in [-0.39, 0.29) is 11.2 Å². The molecule has 2 aromatic rings. The molecule has 0 radical (unpaired) electrons. The third-order valence-corrected chi connectivity index (χ3v) is 4.98. The van der Waals surface area contributed by atoms with Gasteiger partial charge in [0.25, 0.3) is 0 Å². The number of aromatic nitrogens is 3. The SMILES string of the molecule is CCC(C)(C)c1cc(-c2cnc(N3CCOCC3)nc2)c(C#N)c(N)n1. The van der Waals surface area contributed by atoms with E-state index in [0.717, 1.165) is 36.3 Å². The van der Waals surface area contributed by atoms with Gasteiger partial charge in [-0.1, -0.05) is 20.8 Å². The first-order chi connectivity index (χ1) is 12.5. The van der Waals surface area contributed by atoms with Gasteiger partial charge in [0.1, 0.15) is 17.5 Å². The second kappa shape index (κ2) is 7.26. The Morgan fingerprint density at radius 3 is 2.50 bits per heavy atom. The number of ether oxygens (including phenoxy) is 1. The molecule has 1 fully saturated rings. The highest BCUT2D eigenvalue weighted by Gasteiger charge is 2.24. The summed E-state index contributed by atoms with van der Waals surface area (Å²) in [6.45, 7) is 9.25. The third-order valence-electron chi connectivity index (χ3n) is 4.98. The molecule has 0 aromatic carbocycles. The Morgan fingerprint density at radius 2 is 1.92 bits per heavy atom. The molecular weight excluding hydrogens is 328 g/mol. The summed E-state index contributed by atoms with van der Waals surface area (Å²) in [5.41, 5.74) is 8.66. The van der Waals surface area contributed by atoms with Crippen LogP contribution in [0.3, 0.4) is 0 Å². The lowest BCUT2D eigenvalue weighted by Gasteiger charge is -2.26. The number of hydrogen-bond donors (Lipinski definition) is 1. The quantitative estimate of drug-likeness (QED) is 0.902. The van der Waals surface area contributed by atoms with E-state index in [4.69, 9.17) is 10.5 Å². The fourth-order valence-electron chi connectivity index (χ4n) is 2.82. The van der Waals surface area contributed by atoms with Gasteiger partial charge in [0, 0.05) is 47.7 Å². The van der Waals surface area contributed by atoms with Gasteiger partial charge < -0.3 is 15.4 Å². The number of nitriles is 1. The topological polar surface area (TPSA) is 101 Å². The molecule has 0 atom stereocenters. The van der Waals surface area contributed by atoms with Gasteiger partial charge in [0.05, 0.1) is 13.2 Å². The maximum absolute atomic E-state index is 9.54. The average Bonchev–Trinajstić information content (AvgIpc) is 2.68. The van der Waals surface area contributed by atoms with Gasteiger partial charge in [-0.2, -0.15) is 5.26 Å². The standard InChI is InChI=1S/C19H24N6O/c1-4-19(2,3)16-9-14(15(10-20)17(21)24-16)13-11-22-18(23-12-13)25-5-7-26-8-6-25/h9,11-12H,4-8H2,1-3H3,(H2,21,24). The summed E-state index contributed by atoms with van der Waals surface area (Å²) in [6.07, 6.45) is 4.41. The Bertz CT molecular complexity index is 819. The lowest BCUT2D eigenvalue weighted by molar-refractivity contribution is 0.122. The molecule has 0 spiro atoms. The molecule has 3 rings (SSSR count). The number of morpholine rings is 1.